The summed E-state index contributed by atoms with van der Waals surface area (Å²) in [6, 6.07) is 7.18. The fraction of sp³-hybridized carbons (Fsp3) is 0.333. The standard InChI is InChI=1S/C15H17N3O2/c16-12(8-13(17)19)11-7-10-4-1-3-9-5-2-6-18(14(9)10)15(11)20/h1,3-4,7,12H,2,5-6,8,16H2,(H2,17,19). The van der Waals surface area contributed by atoms with Crippen LogP contribution in [0.4, 0.5) is 0 Å². The van der Waals surface area contributed by atoms with Crippen LogP contribution >= 0.6 is 0 Å². The van der Waals surface area contributed by atoms with Crippen LogP contribution in [0.3, 0.4) is 0 Å². The van der Waals surface area contributed by atoms with Gasteiger partial charge in [-0.2, -0.15) is 0 Å². The van der Waals surface area contributed by atoms with E-state index in [4.69, 9.17) is 11.5 Å². The Labute approximate surface area is 116 Å². The molecule has 1 atom stereocenters. The van der Waals surface area contributed by atoms with E-state index >= 15 is 0 Å². The van der Waals surface area contributed by atoms with Gasteiger partial charge in [-0.05, 0) is 29.9 Å². The zero-order chi connectivity index (χ0) is 14.3. The summed E-state index contributed by atoms with van der Waals surface area (Å²) >= 11 is 0. The molecule has 1 unspecified atom stereocenters. The van der Waals surface area contributed by atoms with Crippen LogP contribution in [0.5, 0.6) is 0 Å². The van der Waals surface area contributed by atoms with E-state index in [1.807, 2.05) is 12.1 Å². The molecule has 4 N–H and O–H groups in total. The van der Waals surface area contributed by atoms with Crippen LogP contribution < -0.4 is 17.0 Å². The van der Waals surface area contributed by atoms with Crippen LogP contribution in [-0.2, 0) is 17.8 Å². The molecule has 0 radical (unpaired) electrons. The smallest absolute Gasteiger partial charge is 0.255 e. The highest BCUT2D eigenvalue weighted by Gasteiger charge is 2.20. The topological polar surface area (TPSA) is 91.1 Å². The van der Waals surface area contributed by atoms with Crippen molar-refractivity contribution >= 4 is 16.8 Å². The van der Waals surface area contributed by atoms with Crippen LogP contribution in [0.25, 0.3) is 10.9 Å². The van der Waals surface area contributed by atoms with E-state index in [9.17, 15) is 9.59 Å². The molecule has 0 fully saturated rings. The second-order valence-electron chi connectivity index (χ2n) is 5.29. The summed E-state index contributed by atoms with van der Waals surface area (Å²) in [6.07, 6.45) is 1.92. The van der Waals surface area contributed by atoms with Gasteiger partial charge in [0.2, 0.25) is 5.91 Å². The number of rotatable bonds is 3. The quantitative estimate of drug-likeness (QED) is 0.866. The van der Waals surface area contributed by atoms with Gasteiger partial charge in [0.05, 0.1) is 5.52 Å². The van der Waals surface area contributed by atoms with Crippen molar-refractivity contribution in [2.45, 2.75) is 31.8 Å². The van der Waals surface area contributed by atoms with Gasteiger partial charge in [0, 0.05) is 24.6 Å². The van der Waals surface area contributed by atoms with E-state index in [1.54, 1.807) is 10.6 Å². The number of aromatic nitrogens is 1. The van der Waals surface area contributed by atoms with Crippen molar-refractivity contribution in [1.29, 1.82) is 0 Å². The Morgan fingerprint density at radius 1 is 1.40 bits per heavy atom. The summed E-state index contributed by atoms with van der Waals surface area (Å²) in [5, 5.41) is 0.997. The van der Waals surface area contributed by atoms with Gasteiger partial charge >= 0.3 is 0 Å². The SMILES string of the molecule is NC(=O)CC(N)c1cc2cccc3c2n(c1=O)CCC3. The van der Waals surface area contributed by atoms with E-state index in [0.717, 1.165) is 23.7 Å². The molecule has 5 nitrogen and oxygen atoms in total. The van der Waals surface area contributed by atoms with E-state index in [0.29, 0.717) is 12.1 Å². The van der Waals surface area contributed by atoms with Crippen molar-refractivity contribution in [2.75, 3.05) is 0 Å². The lowest BCUT2D eigenvalue weighted by Crippen LogP contribution is -2.32. The summed E-state index contributed by atoms with van der Waals surface area (Å²) in [4.78, 5) is 23.6. The fourth-order valence-electron chi connectivity index (χ4n) is 2.98. The predicted molar refractivity (Wildman–Crippen MR) is 77.3 cm³/mol. The molecule has 0 saturated carbocycles. The lowest BCUT2D eigenvalue weighted by Gasteiger charge is -2.21. The normalized spacial score (nSPS) is 15.2. The molecular formula is C15H17N3O2. The Morgan fingerprint density at radius 2 is 2.20 bits per heavy atom. The van der Waals surface area contributed by atoms with Gasteiger partial charge in [0.25, 0.3) is 5.56 Å². The minimum atomic E-state index is -0.640. The van der Waals surface area contributed by atoms with Gasteiger partial charge < -0.3 is 16.0 Å². The molecule has 20 heavy (non-hydrogen) atoms. The fourth-order valence-corrected chi connectivity index (χ4v) is 2.98. The zero-order valence-electron chi connectivity index (χ0n) is 11.1. The minimum Gasteiger partial charge on any atom is -0.370 e. The lowest BCUT2D eigenvalue weighted by atomic mass is 9.97. The molecule has 1 amide bonds. The third-order valence-corrected chi connectivity index (χ3v) is 3.87. The van der Waals surface area contributed by atoms with Gasteiger partial charge in [-0.25, -0.2) is 0 Å². The largest absolute Gasteiger partial charge is 0.370 e. The van der Waals surface area contributed by atoms with Crippen molar-refractivity contribution in [3.63, 3.8) is 0 Å². The molecule has 2 heterocycles. The van der Waals surface area contributed by atoms with Crippen molar-refractivity contribution in [1.82, 2.24) is 4.57 Å². The molecule has 104 valence electrons. The third kappa shape index (κ3) is 2.00. The number of benzene rings is 1. The Morgan fingerprint density at radius 3 is 2.95 bits per heavy atom. The number of carbonyl (C=O) groups excluding carboxylic acids is 1. The van der Waals surface area contributed by atoms with Crippen molar-refractivity contribution in [3.05, 3.63) is 45.7 Å². The monoisotopic (exact) mass is 271 g/mol. The number of aryl methyl sites for hydroxylation is 2. The van der Waals surface area contributed by atoms with E-state index < -0.39 is 11.9 Å². The molecule has 3 rings (SSSR count). The summed E-state index contributed by atoms with van der Waals surface area (Å²) in [6.45, 7) is 0.698. The van der Waals surface area contributed by atoms with Crippen molar-refractivity contribution in [3.8, 4) is 0 Å². The Balaban J connectivity index is 2.24. The first-order valence-electron chi connectivity index (χ1n) is 6.77. The number of primary amides is 1. The van der Waals surface area contributed by atoms with Crippen LogP contribution in [0.15, 0.2) is 29.1 Å². The average molecular weight is 271 g/mol. The zero-order valence-corrected chi connectivity index (χ0v) is 11.1. The van der Waals surface area contributed by atoms with Crippen LogP contribution in [0.1, 0.15) is 30.0 Å². The van der Waals surface area contributed by atoms with E-state index in [2.05, 4.69) is 6.07 Å². The van der Waals surface area contributed by atoms with E-state index in [-0.39, 0.29) is 12.0 Å². The van der Waals surface area contributed by atoms with Gasteiger partial charge in [-0.1, -0.05) is 18.2 Å². The van der Waals surface area contributed by atoms with Gasteiger partial charge in [0.1, 0.15) is 0 Å². The Kier molecular flexibility index (Phi) is 3.06. The molecule has 0 spiro atoms. The number of amides is 1. The molecule has 1 aliphatic rings. The first-order valence-corrected chi connectivity index (χ1v) is 6.77. The molecule has 2 aromatic rings. The minimum absolute atomic E-state index is 0.0135. The second kappa shape index (κ2) is 4.76. The number of nitrogens with zero attached hydrogens (tertiary/aromatic N) is 1. The molecule has 1 aromatic heterocycles. The summed E-state index contributed by atoms with van der Waals surface area (Å²) in [7, 11) is 0. The van der Waals surface area contributed by atoms with Gasteiger partial charge in [-0.3, -0.25) is 9.59 Å². The molecular weight excluding hydrogens is 254 g/mol. The average Bonchev–Trinajstić information content (AvgIpc) is 2.42. The maximum absolute atomic E-state index is 12.6. The van der Waals surface area contributed by atoms with Crippen LogP contribution in [0.2, 0.25) is 0 Å². The lowest BCUT2D eigenvalue weighted by molar-refractivity contribution is -0.118. The molecule has 1 aromatic carbocycles. The second-order valence-corrected chi connectivity index (χ2v) is 5.29. The number of carbonyl (C=O) groups is 1. The Hall–Kier alpha value is -2.14. The number of nitrogens with two attached hydrogens (primary N) is 2. The van der Waals surface area contributed by atoms with Gasteiger partial charge in [0.15, 0.2) is 0 Å². The van der Waals surface area contributed by atoms with Crippen molar-refractivity contribution in [2.24, 2.45) is 11.5 Å². The molecule has 5 heteroatoms. The van der Waals surface area contributed by atoms with Gasteiger partial charge in [-0.15, -0.1) is 0 Å². The van der Waals surface area contributed by atoms with Crippen LogP contribution in [-0.4, -0.2) is 10.5 Å². The molecule has 0 aliphatic carbocycles. The maximum atomic E-state index is 12.6. The Bertz CT molecular complexity index is 749. The summed E-state index contributed by atoms with van der Waals surface area (Å²) in [5.41, 5.74) is 13.7. The maximum Gasteiger partial charge on any atom is 0.255 e. The first kappa shape index (κ1) is 12.9. The summed E-state index contributed by atoms with van der Waals surface area (Å²) < 4.78 is 1.78. The number of hydrogen-bond donors (Lipinski definition) is 2. The highest BCUT2D eigenvalue weighted by atomic mass is 16.1. The molecule has 0 saturated heterocycles. The summed E-state index contributed by atoms with van der Waals surface area (Å²) in [5.74, 6) is -0.496. The van der Waals surface area contributed by atoms with Crippen LogP contribution in [0, 0.1) is 0 Å². The highest BCUT2D eigenvalue weighted by Crippen LogP contribution is 2.25. The number of hydrogen-bond acceptors (Lipinski definition) is 3. The predicted octanol–water partition coefficient (Wildman–Crippen LogP) is 0.823. The van der Waals surface area contributed by atoms with E-state index in [1.165, 1.54) is 5.56 Å². The first-order chi connectivity index (χ1) is 9.58. The molecule has 0 bridgehead atoms. The molecule has 1 aliphatic heterocycles. The highest BCUT2D eigenvalue weighted by molar-refractivity contribution is 5.83. The number of para-hydroxylation sites is 1. The number of pyridine rings is 1. The van der Waals surface area contributed by atoms with Crippen molar-refractivity contribution < 1.29 is 4.79 Å². The third-order valence-electron chi connectivity index (χ3n) is 3.87.